The smallest absolute Gasteiger partial charge is 0.225 e. The summed E-state index contributed by atoms with van der Waals surface area (Å²) in [7, 11) is 0. The molecular formula is C17H22Cl3N5O2. The third-order valence-corrected chi connectivity index (χ3v) is 4.99. The van der Waals surface area contributed by atoms with E-state index in [9.17, 15) is 4.79 Å². The molecule has 0 N–H and O–H groups in total. The van der Waals surface area contributed by atoms with Crippen molar-refractivity contribution < 1.29 is 9.53 Å². The zero-order valence-electron chi connectivity index (χ0n) is 15.0. The van der Waals surface area contributed by atoms with Gasteiger partial charge in [-0.3, -0.25) is 14.6 Å². The highest BCUT2D eigenvalue weighted by Gasteiger charge is 2.18. The van der Waals surface area contributed by atoms with E-state index in [1.54, 1.807) is 27.9 Å². The van der Waals surface area contributed by atoms with Crippen molar-refractivity contribution in [2.45, 2.75) is 13.5 Å². The van der Waals surface area contributed by atoms with Crippen LogP contribution < -0.4 is 4.90 Å². The monoisotopic (exact) mass is 433 g/mol. The first-order valence-corrected chi connectivity index (χ1v) is 9.21. The lowest BCUT2D eigenvalue weighted by Crippen LogP contribution is -2.42. The topological polar surface area (TPSA) is 63.5 Å². The highest BCUT2D eigenvalue weighted by atomic mass is 35.5. The predicted molar refractivity (Wildman–Crippen MR) is 108 cm³/mol. The van der Waals surface area contributed by atoms with Gasteiger partial charge in [-0.25, -0.2) is 4.68 Å². The van der Waals surface area contributed by atoms with Gasteiger partial charge >= 0.3 is 0 Å². The normalized spacial score (nSPS) is 14.6. The number of carbonyl (C=O) groups excluding carboxylic acids is 1. The Labute approximate surface area is 174 Å². The fourth-order valence-corrected chi connectivity index (χ4v) is 3.13. The minimum absolute atomic E-state index is 0. The van der Waals surface area contributed by atoms with Crippen LogP contribution in [0.1, 0.15) is 12.5 Å². The molecule has 27 heavy (non-hydrogen) atoms. The second kappa shape index (κ2) is 10.2. The number of carbonyl (C=O) groups is 1. The summed E-state index contributed by atoms with van der Waals surface area (Å²) in [5, 5.41) is 9.29. The molecule has 1 aromatic heterocycles. The average Bonchev–Trinajstić information content (AvgIpc) is 3.07. The second-order valence-corrected chi connectivity index (χ2v) is 6.96. The molecule has 7 nitrogen and oxygen atoms in total. The number of hydrogen-bond acceptors (Lipinski definition) is 5. The van der Waals surface area contributed by atoms with Gasteiger partial charge in [0.25, 0.3) is 0 Å². The van der Waals surface area contributed by atoms with Gasteiger partial charge in [0.15, 0.2) is 5.82 Å². The summed E-state index contributed by atoms with van der Waals surface area (Å²) in [6.07, 6.45) is 1.77. The molecule has 0 bridgehead atoms. The van der Waals surface area contributed by atoms with Crippen molar-refractivity contribution in [1.82, 2.24) is 19.9 Å². The molecule has 3 rings (SSSR count). The number of benzene rings is 1. The van der Waals surface area contributed by atoms with Crippen LogP contribution in [0.5, 0.6) is 0 Å². The standard InChI is InChI=1S/C17H21Cl2N5O2.ClH/c1-13(25)24(5-4-22-6-8-26-9-7-22)17-12-23(21-20-17)11-14-2-3-15(18)16(19)10-14;/h2-3,10,12H,4-9,11H2,1H3;1H. The third-order valence-electron chi connectivity index (χ3n) is 4.26. The molecule has 148 valence electrons. The minimum Gasteiger partial charge on any atom is -0.379 e. The van der Waals surface area contributed by atoms with Gasteiger partial charge in [-0.2, -0.15) is 0 Å². The van der Waals surface area contributed by atoms with E-state index in [0.717, 1.165) is 38.4 Å². The average molecular weight is 435 g/mol. The molecule has 1 amide bonds. The van der Waals surface area contributed by atoms with Crippen molar-refractivity contribution in [2.24, 2.45) is 0 Å². The first-order chi connectivity index (χ1) is 12.5. The maximum absolute atomic E-state index is 12.0. The summed E-state index contributed by atoms with van der Waals surface area (Å²) in [6.45, 7) is 6.63. The fraction of sp³-hybridized carbons (Fsp3) is 0.471. The van der Waals surface area contributed by atoms with E-state index in [1.165, 1.54) is 6.92 Å². The summed E-state index contributed by atoms with van der Waals surface area (Å²) >= 11 is 12.0. The SMILES string of the molecule is CC(=O)N(CCN1CCOCC1)c1cn(Cc2ccc(Cl)c(Cl)c2)nn1.Cl. The lowest BCUT2D eigenvalue weighted by Gasteiger charge is -2.28. The van der Waals surface area contributed by atoms with Crippen LogP contribution in [0.15, 0.2) is 24.4 Å². The Balaban J connectivity index is 0.00000261. The van der Waals surface area contributed by atoms with Gasteiger partial charge in [-0.15, -0.1) is 17.5 Å². The molecule has 10 heteroatoms. The number of hydrogen-bond donors (Lipinski definition) is 0. The first-order valence-electron chi connectivity index (χ1n) is 8.45. The van der Waals surface area contributed by atoms with Crippen molar-refractivity contribution in [3.63, 3.8) is 0 Å². The number of aromatic nitrogens is 3. The number of anilines is 1. The van der Waals surface area contributed by atoms with Crippen molar-refractivity contribution in [2.75, 3.05) is 44.3 Å². The summed E-state index contributed by atoms with van der Waals surface area (Å²) in [5.41, 5.74) is 0.957. The molecule has 1 aliphatic rings. The highest BCUT2D eigenvalue weighted by molar-refractivity contribution is 6.42. The van der Waals surface area contributed by atoms with Crippen LogP contribution in [0.2, 0.25) is 10.0 Å². The molecule has 0 spiro atoms. The van der Waals surface area contributed by atoms with Gasteiger partial charge in [-0.05, 0) is 17.7 Å². The van der Waals surface area contributed by atoms with E-state index in [4.69, 9.17) is 27.9 Å². The van der Waals surface area contributed by atoms with Crippen molar-refractivity contribution in [1.29, 1.82) is 0 Å². The van der Waals surface area contributed by atoms with E-state index < -0.39 is 0 Å². The molecular weight excluding hydrogens is 413 g/mol. The maximum Gasteiger partial charge on any atom is 0.225 e. The minimum atomic E-state index is -0.0557. The van der Waals surface area contributed by atoms with Crippen molar-refractivity contribution in [3.8, 4) is 0 Å². The summed E-state index contributed by atoms with van der Waals surface area (Å²) in [4.78, 5) is 16.0. The number of morpholine rings is 1. The quantitative estimate of drug-likeness (QED) is 0.699. The predicted octanol–water partition coefficient (Wildman–Crippen LogP) is 2.74. The van der Waals surface area contributed by atoms with Gasteiger partial charge in [0.1, 0.15) is 0 Å². The maximum atomic E-state index is 12.0. The molecule has 2 aromatic rings. The Morgan fingerprint density at radius 3 is 2.67 bits per heavy atom. The summed E-state index contributed by atoms with van der Waals surface area (Å²) in [6, 6.07) is 5.43. The molecule has 2 heterocycles. The molecule has 0 unspecified atom stereocenters. The molecule has 1 aromatic carbocycles. The Morgan fingerprint density at radius 1 is 1.26 bits per heavy atom. The molecule has 0 atom stereocenters. The van der Waals surface area contributed by atoms with Gasteiger partial charge in [0.2, 0.25) is 5.91 Å². The van der Waals surface area contributed by atoms with Crippen LogP contribution in [0.3, 0.4) is 0 Å². The summed E-state index contributed by atoms with van der Waals surface area (Å²) in [5.74, 6) is 0.491. The van der Waals surface area contributed by atoms with E-state index in [2.05, 4.69) is 15.2 Å². The second-order valence-electron chi connectivity index (χ2n) is 6.15. The number of rotatable bonds is 6. The van der Waals surface area contributed by atoms with Gasteiger partial charge in [0, 0.05) is 33.1 Å². The number of amides is 1. The van der Waals surface area contributed by atoms with Crippen LogP contribution >= 0.6 is 35.6 Å². The molecule has 1 aliphatic heterocycles. The molecule has 0 aliphatic carbocycles. The van der Waals surface area contributed by atoms with Crippen molar-refractivity contribution >= 4 is 47.3 Å². The summed E-state index contributed by atoms with van der Waals surface area (Å²) < 4.78 is 7.03. The van der Waals surface area contributed by atoms with E-state index in [0.29, 0.717) is 29.0 Å². The lowest BCUT2D eigenvalue weighted by molar-refractivity contribution is -0.116. The molecule has 0 radical (unpaired) electrons. The Kier molecular flexibility index (Phi) is 8.31. The molecule has 0 saturated carbocycles. The van der Waals surface area contributed by atoms with E-state index in [1.807, 2.05) is 6.07 Å². The van der Waals surface area contributed by atoms with Crippen LogP contribution in [0, 0.1) is 0 Å². The third kappa shape index (κ3) is 6.05. The zero-order valence-corrected chi connectivity index (χ0v) is 17.3. The van der Waals surface area contributed by atoms with Gasteiger partial charge in [0.05, 0.1) is 36.0 Å². The number of ether oxygens (including phenoxy) is 1. The van der Waals surface area contributed by atoms with E-state index >= 15 is 0 Å². The van der Waals surface area contributed by atoms with Crippen LogP contribution in [0.25, 0.3) is 0 Å². The van der Waals surface area contributed by atoms with E-state index in [-0.39, 0.29) is 18.3 Å². The van der Waals surface area contributed by atoms with Gasteiger partial charge in [-0.1, -0.05) is 34.5 Å². The largest absolute Gasteiger partial charge is 0.379 e. The Hall–Kier alpha value is -1.38. The highest BCUT2D eigenvalue weighted by Crippen LogP contribution is 2.23. The zero-order chi connectivity index (χ0) is 18.5. The number of nitrogens with zero attached hydrogens (tertiary/aromatic N) is 5. The molecule has 1 saturated heterocycles. The Morgan fingerprint density at radius 2 is 2.00 bits per heavy atom. The fourth-order valence-electron chi connectivity index (χ4n) is 2.81. The van der Waals surface area contributed by atoms with Crippen LogP contribution in [0.4, 0.5) is 5.82 Å². The van der Waals surface area contributed by atoms with Crippen LogP contribution in [-0.4, -0.2) is 65.2 Å². The van der Waals surface area contributed by atoms with Crippen LogP contribution in [-0.2, 0) is 16.1 Å². The van der Waals surface area contributed by atoms with Gasteiger partial charge < -0.3 is 4.74 Å². The van der Waals surface area contributed by atoms with Crippen molar-refractivity contribution in [3.05, 3.63) is 40.0 Å². The first kappa shape index (κ1) is 21.9. The lowest BCUT2D eigenvalue weighted by atomic mass is 10.2. The molecule has 1 fully saturated rings. The Bertz CT molecular complexity index is 765. The number of halogens is 3.